The quantitative estimate of drug-likeness (QED) is 0.298. The van der Waals surface area contributed by atoms with E-state index in [0.29, 0.717) is 23.1 Å². The van der Waals surface area contributed by atoms with Gasteiger partial charge in [0.2, 0.25) is 5.91 Å². The van der Waals surface area contributed by atoms with Gasteiger partial charge in [-0.1, -0.05) is 0 Å². The van der Waals surface area contributed by atoms with Gasteiger partial charge >= 0.3 is 5.97 Å². The van der Waals surface area contributed by atoms with Crippen molar-refractivity contribution in [2.24, 2.45) is 0 Å². The van der Waals surface area contributed by atoms with Crippen LogP contribution in [0.2, 0.25) is 0 Å². The molecule has 0 spiro atoms. The van der Waals surface area contributed by atoms with E-state index in [1.54, 1.807) is 36.6 Å². The molecule has 3 aromatic rings. The number of ether oxygens (including phenoxy) is 1. The van der Waals surface area contributed by atoms with Crippen molar-refractivity contribution in [2.75, 3.05) is 11.9 Å². The van der Waals surface area contributed by atoms with Crippen molar-refractivity contribution < 1.29 is 36.7 Å². The van der Waals surface area contributed by atoms with E-state index < -0.39 is 59.4 Å². The molecule has 1 unspecified atom stereocenters. The van der Waals surface area contributed by atoms with Crippen LogP contribution in [0.15, 0.2) is 42.5 Å². The number of carbonyl (C=O) groups is 3. The number of esters is 1. The number of amides is 2. The highest BCUT2D eigenvalue weighted by Gasteiger charge is 2.24. The van der Waals surface area contributed by atoms with Crippen molar-refractivity contribution in [1.29, 1.82) is 0 Å². The Kier molecular flexibility index (Phi) is 7.58. The number of aryl methyl sites for hydroxylation is 1. The third-order valence-electron chi connectivity index (χ3n) is 5.12. The SMILES string of the molecule is Cc1cc(C(=O)OC(C)C(=O)NCC(=O)Nc2ccc(F)c(F)c2F)c(C)n1-c1ccc(F)cc1. The average molecular weight is 491 g/mol. The fourth-order valence-electron chi connectivity index (χ4n) is 3.36. The van der Waals surface area contributed by atoms with Crippen LogP contribution in [0, 0.1) is 37.1 Å². The minimum absolute atomic E-state index is 0.193. The number of anilines is 1. The van der Waals surface area contributed by atoms with Crippen LogP contribution >= 0.6 is 0 Å². The first-order valence-corrected chi connectivity index (χ1v) is 10.4. The highest BCUT2D eigenvalue weighted by Crippen LogP contribution is 2.22. The lowest BCUT2D eigenvalue weighted by atomic mass is 10.2. The Morgan fingerprint density at radius 1 is 0.971 bits per heavy atom. The van der Waals surface area contributed by atoms with Crippen molar-refractivity contribution in [2.45, 2.75) is 26.9 Å². The predicted molar refractivity (Wildman–Crippen MR) is 118 cm³/mol. The van der Waals surface area contributed by atoms with Gasteiger partial charge in [0.05, 0.1) is 17.8 Å². The Bertz CT molecular complexity index is 1290. The van der Waals surface area contributed by atoms with E-state index in [1.807, 2.05) is 5.32 Å². The minimum atomic E-state index is -1.74. The molecule has 35 heavy (non-hydrogen) atoms. The lowest BCUT2D eigenvalue weighted by Gasteiger charge is -2.14. The van der Waals surface area contributed by atoms with Gasteiger partial charge in [0.25, 0.3) is 5.91 Å². The van der Waals surface area contributed by atoms with E-state index in [4.69, 9.17) is 4.74 Å². The van der Waals surface area contributed by atoms with Crippen molar-refractivity contribution >= 4 is 23.5 Å². The van der Waals surface area contributed by atoms with Gasteiger partial charge in [-0.3, -0.25) is 9.59 Å². The Labute approximate surface area is 197 Å². The molecule has 0 saturated carbocycles. The molecule has 0 fully saturated rings. The molecule has 0 radical (unpaired) electrons. The highest BCUT2D eigenvalue weighted by atomic mass is 19.2. The first-order chi connectivity index (χ1) is 16.5. The largest absolute Gasteiger partial charge is 0.449 e. The summed E-state index contributed by atoms with van der Waals surface area (Å²) in [5.74, 6) is -7.66. The molecule has 7 nitrogen and oxygen atoms in total. The molecule has 11 heteroatoms. The van der Waals surface area contributed by atoms with Crippen molar-refractivity contribution in [3.63, 3.8) is 0 Å². The van der Waals surface area contributed by atoms with Gasteiger partial charge < -0.3 is 19.9 Å². The van der Waals surface area contributed by atoms with Gasteiger partial charge in [0.15, 0.2) is 23.6 Å². The number of nitrogens with one attached hydrogen (secondary N) is 2. The molecule has 0 aliphatic heterocycles. The van der Waals surface area contributed by atoms with E-state index in [9.17, 15) is 31.9 Å². The molecule has 0 saturated heterocycles. The molecule has 1 atom stereocenters. The number of aromatic nitrogens is 1. The van der Waals surface area contributed by atoms with Gasteiger partial charge in [0.1, 0.15) is 5.82 Å². The molecule has 2 amide bonds. The van der Waals surface area contributed by atoms with E-state index in [1.165, 1.54) is 19.1 Å². The second-order valence-corrected chi connectivity index (χ2v) is 7.63. The molecule has 2 N–H and O–H groups in total. The van der Waals surface area contributed by atoms with Gasteiger partial charge in [-0.2, -0.15) is 0 Å². The summed E-state index contributed by atoms with van der Waals surface area (Å²) in [4.78, 5) is 36.8. The third kappa shape index (κ3) is 5.68. The topological polar surface area (TPSA) is 89.4 Å². The molecular formula is C24H21F4N3O4. The van der Waals surface area contributed by atoms with Crippen LogP contribution in [0.3, 0.4) is 0 Å². The summed E-state index contributed by atoms with van der Waals surface area (Å²) in [6, 6.07) is 8.72. The Balaban J connectivity index is 1.59. The smallest absolute Gasteiger partial charge is 0.340 e. The molecule has 0 bridgehead atoms. The lowest BCUT2D eigenvalue weighted by Crippen LogP contribution is -2.40. The first kappa shape index (κ1) is 25.5. The van der Waals surface area contributed by atoms with Crippen molar-refractivity contribution in [3.8, 4) is 5.69 Å². The van der Waals surface area contributed by atoms with Crippen LogP contribution in [0.5, 0.6) is 0 Å². The van der Waals surface area contributed by atoms with Gasteiger partial charge in [-0.15, -0.1) is 0 Å². The van der Waals surface area contributed by atoms with E-state index in [-0.39, 0.29) is 5.56 Å². The number of carbonyl (C=O) groups excluding carboxylic acids is 3. The normalized spacial score (nSPS) is 11.6. The van der Waals surface area contributed by atoms with Crippen molar-refractivity contribution in [1.82, 2.24) is 9.88 Å². The van der Waals surface area contributed by atoms with Crippen LogP contribution in [0.4, 0.5) is 23.2 Å². The molecule has 1 heterocycles. The Morgan fingerprint density at radius 3 is 2.29 bits per heavy atom. The maximum Gasteiger partial charge on any atom is 0.340 e. The summed E-state index contributed by atoms with van der Waals surface area (Å²) in [6.45, 7) is 4.06. The fraction of sp³-hybridized carbons (Fsp3) is 0.208. The zero-order valence-electron chi connectivity index (χ0n) is 18.9. The second-order valence-electron chi connectivity index (χ2n) is 7.63. The summed E-state index contributed by atoms with van der Waals surface area (Å²) in [7, 11) is 0. The monoisotopic (exact) mass is 491 g/mol. The molecular weight excluding hydrogens is 470 g/mol. The van der Waals surface area contributed by atoms with Gasteiger partial charge in [0, 0.05) is 17.1 Å². The molecule has 3 rings (SSSR count). The number of hydrogen-bond acceptors (Lipinski definition) is 4. The summed E-state index contributed by atoms with van der Waals surface area (Å²) in [5, 5.41) is 4.21. The van der Waals surface area contributed by atoms with E-state index in [0.717, 1.165) is 6.07 Å². The Hall–Kier alpha value is -4.15. The summed E-state index contributed by atoms with van der Waals surface area (Å²) < 4.78 is 60.0. The fourth-order valence-corrected chi connectivity index (χ4v) is 3.36. The van der Waals surface area contributed by atoms with Crippen LogP contribution in [0.25, 0.3) is 5.69 Å². The zero-order valence-corrected chi connectivity index (χ0v) is 18.9. The highest BCUT2D eigenvalue weighted by molar-refractivity contribution is 5.96. The standard InChI is InChI=1S/C24H21F4N3O4/c1-12-10-17(13(2)31(12)16-6-4-15(25)5-7-16)24(34)35-14(3)23(33)29-11-20(32)30-19-9-8-18(26)21(27)22(19)28/h4-10,14H,11H2,1-3H3,(H,29,33)(H,30,32). The summed E-state index contributed by atoms with van der Waals surface area (Å²) >= 11 is 0. The van der Waals surface area contributed by atoms with Gasteiger partial charge in [-0.05, 0) is 63.2 Å². The number of halogens is 4. The van der Waals surface area contributed by atoms with Crippen molar-refractivity contribution in [3.05, 3.63) is 82.7 Å². The number of rotatable bonds is 7. The maximum atomic E-state index is 13.7. The average Bonchev–Trinajstić information content (AvgIpc) is 3.12. The van der Waals surface area contributed by atoms with E-state index in [2.05, 4.69) is 5.32 Å². The van der Waals surface area contributed by atoms with Crippen LogP contribution in [0.1, 0.15) is 28.7 Å². The summed E-state index contributed by atoms with van der Waals surface area (Å²) in [6.07, 6.45) is -1.29. The lowest BCUT2D eigenvalue weighted by molar-refractivity contribution is -0.130. The number of hydrogen-bond donors (Lipinski definition) is 2. The molecule has 184 valence electrons. The molecule has 0 aliphatic carbocycles. The zero-order chi connectivity index (χ0) is 25.9. The molecule has 2 aromatic carbocycles. The number of benzene rings is 2. The Morgan fingerprint density at radius 2 is 1.63 bits per heavy atom. The predicted octanol–water partition coefficient (Wildman–Crippen LogP) is 3.95. The maximum absolute atomic E-state index is 13.7. The molecule has 1 aromatic heterocycles. The third-order valence-corrected chi connectivity index (χ3v) is 5.12. The second kappa shape index (κ2) is 10.4. The van der Waals surface area contributed by atoms with Crippen LogP contribution in [-0.4, -0.2) is 35.0 Å². The molecule has 0 aliphatic rings. The minimum Gasteiger partial charge on any atom is -0.449 e. The van der Waals surface area contributed by atoms with E-state index >= 15 is 0 Å². The van der Waals surface area contributed by atoms with Gasteiger partial charge in [-0.25, -0.2) is 22.4 Å². The first-order valence-electron chi connectivity index (χ1n) is 10.4. The summed E-state index contributed by atoms with van der Waals surface area (Å²) in [5.41, 5.74) is 1.42. The van der Waals surface area contributed by atoms with Crippen LogP contribution in [-0.2, 0) is 14.3 Å². The van der Waals surface area contributed by atoms with Crippen LogP contribution < -0.4 is 10.6 Å². The number of nitrogens with zero attached hydrogens (tertiary/aromatic N) is 1.